The first-order valence-corrected chi connectivity index (χ1v) is 13.2. The van der Waals surface area contributed by atoms with Gasteiger partial charge in [-0.2, -0.15) is 0 Å². The fourth-order valence-corrected chi connectivity index (χ4v) is 5.68. The molecule has 0 radical (unpaired) electrons. The molecule has 2 fully saturated rings. The zero-order valence-electron chi connectivity index (χ0n) is 19.3. The van der Waals surface area contributed by atoms with Crippen LogP contribution in [0.2, 0.25) is 0 Å². The average Bonchev–Trinajstić information content (AvgIpc) is 3.53. The number of morpholine rings is 1. The minimum Gasteiger partial charge on any atom is -0.378 e. The minimum atomic E-state index is -3.86. The number of nitrogens with zero attached hydrogens (tertiary/aromatic N) is 2. The Bertz CT molecular complexity index is 1310. The van der Waals surface area contributed by atoms with E-state index in [-0.39, 0.29) is 17.3 Å². The van der Waals surface area contributed by atoms with Gasteiger partial charge in [0.1, 0.15) is 0 Å². The van der Waals surface area contributed by atoms with Crippen LogP contribution in [0, 0.1) is 6.92 Å². The van der Waals surface area contributed by atoms with E-state index in [2.05, 4.69) is 38.9 Å². The highest BCUT2D eigenvalue weighted by atomic mass is 32.2. The highest BCUT2D eigenvalue weighted by Crippen LogP contribution is 2.36. The zero-order chi connectivity index (χ0) is 23.7. The third kappa shape index (κ3) is 4.68. The van der Waals surface area contributed by atoms with Crippen LogP contribution in [-0.4, -0.2) is 70.1 Å². The van der Waals surface area contributed by atoms with E-state index in [9.17, 15) is 13.2 Å². The Labute approximate surface area is 199 Å². The third-order valence-corrected chi connectivity index (χ3v) is 7.97. The number of ether oxygens (including phenoxy) is 1. The van der Waals surface area contributed by atoms with Crippen molar-refractivity contribution >= 4 is 32.5 Å². The maximum atomic E-state index is 13.1. The summed E-state index contributed by atoms with van der Waals surface area (Å²) in [6.45, 7) is 5.59. The molecule has 0 unspecified atom stereocenters. The SMILES string of the molecule is Cc1ccc2cc(-c3cc(S(=O)(=O)NCC(=O)N4CCOCC4)ccc3N3CCCC3)[nH]c2c1. The molecule has 34 heavy (non-hydrogen) atoms. The van der Waals surface area contributed by atoms with Crippen molar-refractivity contribution in [2.75, 3.05) is 50.8 Å². The van der Waals surface area contributed by atoms with Crippen LogP contribution in [0.3, 0.4) is 0 Å². The third-order valence-electron chi connectivity index (χ3n) is 6.57. The number of carbonyl (C=O) groups excluding carboxylic acids is 1. The van der Waals surface area contributed by atoms with Crippen LogP contribution in [0.25, 0.3) is 22.2 Å². The maximum absolute atomic E-state index is 13.1. The number of rotatable bonds is 6. The lowest BCUT2D eigenvalue weighted by Crippen LogP contribution is -2.45. The molecule has 1 aromatic heterocycles. The van der Waals surface area contributed by atoms with Crippen LogP contribution in [0.4, 0.5) is 5.69 Å². The van der Waals surface area contributed by atoms with E-state index in [1.165, 1.54) is 0 Å². The van der Waals surface area contributed by atoms with E-state index in [1.807, 2.05) is 13.0 Å². The van der Waals surface area contributed by atoms with E-state index in [0.717, 1.165) is 59.3 Å². The van der Waals surface area contributed by atoms with Crippen LogP contribution in [0.5, 0.6) is 0 Å². The lowest BCUT2D eigenvalue weighted by atomic mass is 10.1. The Hall–Kier alpha value is -2.88. The van der Waals surface area contributed by atoms with Gasteiger partial charge in [-0.3, -0.25) is 4.79 Å². The van der Waals surface area contributed by atoms with Gasteiger partial charge in [-0.1, -0.05) is 12.1 Å². The van der Waals surface area contributed by atoms with Crippen molar-refractivity contribution in [2.45, 2.75) is 24.7 Å². The minimum absolute atomic E-state index is 0.148. The fraction of sp³-hybridized carbons (Fsp3) is 0.400. The van der Waals surface area contributed by atoms with Crippen molar-refractivity contribution in [3.05, 3.63) is 48.0 Å². The van der Waals surface area contributed by atoms with Crippen molar-refractivity contribution < 1.29 is 17.9 Å². The Kier molecular flexibility index (Phi) is 6.33. The number of H-pyrrole nitrogens is 1. The summed E-state index contributed by atoms with van der Waals surface area (Å²) in [4.78, 5) is 20.0. The second-order valence-electron chi connectivity index (χ2n) is 8.96. The summed E-state index contributed by atoms with van der Waals surface area (Å²) in [5, 5.41) is 1.08. The van der Waals surface area contributed by atoms with Gasteiger partial charge < -0.3 is 19.5 Å². The Morgan fingerprint density at radius 2 is 1.79 bits per heavy atom. The maximum Gasteiger partial charge on any atom is 0.241 e. The number of fused-ring (bicyclic) bond motifs is 1. The molecule has 3 aromatic rings. The van der Waals surface area contributed by atoms with Gasteiger partial charge in [0.25, 0.3) is 0 Å². The summed E-state index contributed by atoms with van der Waals surface area (Å²) < 4.78 is 34.0. The molecule has 3 heterocycles. The van der Waals surface area contributed by atoms with Crippen molar-refractivity contribution in [1.29, 1.82) is 0 Å². The lowest BCUT2D eigenvalue weighted by molar-refractivity contribution is -0.133. The first kappa shape index (κ1) is 22.9. The standard InChI is InChI=1S/C25H30N4O4S/c1-18-4-5-19-15-23(27-22(19)14-18)21-16-20(6-7-24(21)28-8-2-3-9-28)34(31,32)26-17-25(30)29-10-12-33-13-11-29/h4-7,14-16,26-27H,2-3,8-13,17H2,1H3. The number of amides is 1. The molecule has 2 aromatic carbocycles. The normalized spacial score (nSPS) is 17.0. The number of nitrogens with one attached hydrogen (secondary N) is 2. The molecule has 2 aliphatic rings. The van der Waals surface area contributed by atoms with E-state index < -0.39 is 10.0 Å². The van der Waals surface area contributed by atoms with E-state index in [1.54, 1.807) is 17.0 Å². The molecule has 2 saturated heterocycles. The van der Waals surface area contributed by atoms with Gasteiger partial charge >= 0.3 is 0 Å². The number of sulfonamides is 1. The summed E-state index contributed by atoms with van der Waals surface area (Å²) in [7, 11) is -3.86. The lowest BCUT2D eigenvalue weighted by Gasteiger charge is -2.27. The van der Waals surface area contributed by atoms with Crippen molar-refractivity contribution in [3.63, 3.8) is 0 Å². The molecule has 8 nitrogen and oxygen atoms in total. The van der Waals surface area contributed by atoms with Crippen LogP contribution in [0.15, 0.2) is 47.4 Å². The highest BCUT2D eigenvalue weighted by Gasteiger charge is 2.24. The van der Waals surface area contributed by atoms with Gasteiger partial charge in [-0.25, -0.2) is 13.1 Å². The molecule has 2 N–H and O–H groups in total. The summed E-state index contributed by atoms with van der Waals surface area (Å²) in [5.74, 6) is -0.244. The molecule has 2 aliphatic heterocycles. The molecule has 1 amide bonds. The fourth-order valence-electron chi connectivity index (χ4n) is 4.68. The van der Waals surface area contributed by atoms with Crippen LogP contribution >= 0.6 is 0 Å². The molecule has 9 heteroatoms. The van der Waals surface area contributed by atoms with Crippen LogP contribution < -0.4 is 9.62 Å². The number of benzene rings is 2. The number of carbonyl (C=O) groups is 1. The quantitative estimate of drug-likeness (QED) is 0.563. The number of aromatic amines is 1. The van der Waals surface area contributed by atoms with Crippen molar-refractivity contribution in [1.82, 2.24) is 14.6 Å². The molecule has 180 valence electrons. The van der Waals surface area contributed by atoms with E-state index in [4.69, 9.17) is 4.74 Å². The Morgan fingerprint density at radius 1 is 1.03 bits per heavy atom. The van der Waals surface area contributed by atoms with Gasteiger partial charge in [0.05, 0.1) is 24.7 Å². The van der Waals surface area contributed by atoms with Gasteiger partial charge in [0, 0.05) is 54.0 Å². The van der Waals surface area contributed by atoms with Crippen molar-refractivity contribution in [2.24, 2.45) is 0 Å². The Balaban J connectivity index is 1.46. The number of aryl methyl sites for hydroxylation is 1. The molecule has 0 aliphatic carbocycles. The number of anilines is 1. The first-order chi connectivity index (χ1) is 16.4. The molecule has 0 bridgehead atoms. The second-order valence-corrected chi connectivity index (χ2v) is 10.7. The Morgan fingerprint density at radius 3 is 2.56 bits per heavy atom. The van der Waals surface area contributed by atoms with Crippen molar-refractivity contribution in [3.8, 4) is 11.3 Å². The predicted octanol–water partition coefficient (Wildman–Crippen LogP) is 2.88. The van der Waals surface area contributed by atoms with Crippen LogP contribution in [-0.2, 0) is 19.6 Å². The monoisotopic (exact) mass is 482 g/mol. The van der Waals surface area contributed by atoms with E-state index >= 15 is 0 Å². The van der Waals surface area contributed by atoms with Gasteiger partial charge in [0.2, 0.25) is 15.9 Å². The molecule has 0 saturated carbocycles. The molecule has 0 atom stereocenters. The molecular formula is C25H30N4O4S. The summed E-state index contributed by atoms with van der Waals surface area (Å²) >= 11 is 0. The second kappa shape index (κ2) is 9.40. The number of hydrogen-bond donors (Lipinski definition) is 2. The largest absolute Gasteiger partial charge is 0.378 e. The topological polar surface area (TPSA) is 94.7 Å². The van der Waals surface area contributed by atoms with E-state index in [0.29, 0.717) is 26.3 Å². The number of hydrogen-bond acceptors (Lipinski definition) is 5. The number of aromatic nitrogens is 1. The first-order valence-electron chi connectivity index (χ1n) is 11.7. The smallest absolute Gasteiger partial charge is 0.241 e. The van der Waals surface area contributed by atoms with Crippen LogP contribution in [0.1, 0.15) is 18.4 Å². The summed E-state index contributed by atoms with van der Waals surface area (Å²) in [6.07, 6.45) is 2.24. The predicted molar refractivity (Wildman–Crippen MR) is 133 cm³/mol. The van der Waals surface area contributed by atoms with Gasteiger partial charge in [-0.15, -0.1) is 0 Å². The molecular weight excluding hydrogens is 452 g/mol. The molecule has 5 rings (SSSR count). The average molecular weight is 483 g/mol. The van der Waals surface area contributed by atoms with Gasteiger partial charge in [-0.05, 0) is 55.7 Å². The highest BCUT2D eigenvalue weighted by molar-refractivity contribution is 7.89. The zero-order valence-corrected chi connectivity index (χ0v) is 20.2. The summed E-state index contributed by atoms with van der Waals surface area (Å²) in [6, 6.07) is 13.5. The summed E-state index contributed by atoms with van der Waals surface area (Å²) in [5.41, 5.74) is 4.92. The molecule has 0 spiro atoms. The van der Waals surface area contributed by atoms with Gasteiger partial charge in [0.15, 0.2) is 0 Å².